The van der Waals surface area contributed by atoms with Crippen molar-refractivity contribution in [2.75, 3.05) is 0 Å². The van der Waals surface area contributed by atoms with Crippen LogP contribution in [0.2, 0.25) is 0 Å². The van der Waals surface area contributed by atoms with Gasteiger partial charge in [0.15, 0.2) is 63.9 Å². The van der Waals surface area contributed by atoms with Crippen LogP contribution in [-0.4, -0.2) is 156 Å². The lowest BCUT2D eigenvalue weighted by Crippen LogP contribution is -2.45. The molecule has 0 saturated heterocycles. The van der Waals surface area contributed by atoms with E-state index >= 15 is 0 Å². The van der Waals surface area contributed by atoms with E-state index in [4.69, 9.17) is 0 Å². The van der Waals surface area contributed by atoms with Gasteiger partial charge >= 0.3 is 0 Å². The molecule has 0 radical (unpaired) electrons. The van der Waals surface area contributed by atoms with E-state index in [2.05, 4.69) is 92.8 Å². The molecule has 0 saturated carbocycles. The number of aromatic amines is 2. The summed E-state index contributed by atoms with van der Waals surface area (Å²) in [5.41, 5.74) is 5.16. The second-order valence-electron chi connectivity index (χ2n) is 47.7. The highest BCUT2D eigenvalue weighted by Gasteiger charge is 2.50. The summed E-state index contributed by atoms with van der Waals surface area (Å²) in [6.45, 7) is 90.4. The monoisotopic (exact) mass is 1820 g/mol. The molecule has 3 aliphatic carbocycles. The van der Waals surface area contributed by atoms with Crippen molar-refractivity contribution in [3.63, 3.8) is 0 Å². The predicted molar refractivity (Wildman–Crippen MR) is 515 cm³/mol. The Hall–Kier alpha value is -11.2. The first-order valence-electron chi connectivity index (χ1n) is 44.0. The van der Waals surface area contributed by atoms with Gasteiger partial charge in [0.1, 0.15) is 46.5 Å². The van der Waals surface area contributed by atoms with Crippen LogP contribution in [0.25, 0.3) is 0 Å². The van der Waals surface area contributed by atoms with E-state index in [0.29, 0.717) is 33.8 Å². The number of carbonyl (C=O) groups is 8. The van der Waals surface area contributed by atoms with E-state index in [9.17, 15) is 68.8 Å². The minimum absolute atomic E-state index is 0.0181. The van der Waals surface area contributed by atoms with Gasteiger partial charge in [-0.25, -0.2) is 14.4 Å². The lowest BCUT2D eigenvalue weighted by Gasteiger charge is -2.33. The molecule has 2 amide bonds. The average molecular weight is 1820 g/mol. The Morgan fingerprint density at radius 2 is 0.687 bits per heavy atom. The number of nitrogens with zero attached hydrogens (tertiary/aromatic N) is 19. The van der Waals surface area contributed by atoms with Crippen LogP contribution < -0.4 is 27.3 Å². The summed E-state index contributed by atoms with van der Waals surface area (Å²) in [5, 5.41) is 101. The third-order valence-corrected chi connectivity index (χ3v) is 18.6. The molecule has 35 nitrogen and oxygen atoms in total. The second-order valence-corrected chi connectivity index (χ2v) is 47.7. The molecule has 0 bridgehead atoms. The molecule has 131 heavy (non-hydrogen) atoms. The van der Waals surface area contributed by atoms with E-state index in [-0.39, 0.29) is 135 Å². The molecule has 2 aromatic heterocycles. The molecule has 5 aliphatic rings. The maximum absolute atomic E-state index is 12.7. The summed E-state index contributed by atoms with van der Waals surface area (Å²) in [6, 6.07) is 3.99. The molecule has 2 aromatic rings. The third-order valence-electron chi connectivity index (χ3n) is 18.6. The van der Waals surface area contributed by atoms with Crippen molar-refractivity contribution >= 4 is 75.0 Å². The summed E-state index contributed by atoms with van der Waals surface area (Å²) in [5.74, 6) is -5.15. The van der Waals surface area contributed by atoms with E-state index in [0.717, 1.165) is 11.4 Å². The molecule has 6 atom stereocenters. The van der Waals surface area contributed by atoms with Gasteiger partial charge in [0, 0.05) is 22.2 Å². The zero-order valence-electron chi connectivity index (χ0n) is 88.0. The van der Waals surface area contributed by atoms with Gasteiger partial charge in [-0.1, -0.05) is 83.1 Å². The maximum Gasteiger partial charge on any atom is 0.295 e. The summed E-state index contributed by atoms with van der Waals surface area (Å²) in [6.07, 6.45) is 0. The van der Waals surface area contributed by atoms with Crippen molar-refractivity contribution in [3.8, 4) is 18.2 Å². The smallest absolute Gasteiger partial charge is 0.295 e. The van der Waals surface area contributed by atoms with Gasteiger partial charge in [-0.2, -0.15) is 66.9 Å². The minimum atomic E-state index is -0.864. The number of hydrogen-bond acceptors (Lipinski definition) is 29. The van der Waals surface area contributed by atoms with E-state index in [1.165, 1.54) is 5.01 Å². The minimum Gasteiger partial charge on any atom is -0.508 e. The molecule has 2 aliphatic heterocycles. The van der Waals surface area contributed by atoms with Crippen molar-refractivity contribution in [1.82, 2.24) is 40.7 Å². The Balaban J connectivity index is 0.000000766. The summed E-state index contributed by atoms with van der Waals surface area (Å²) in [4.78, 5) is 123. The van der Waals surface area contributed by atoms with Crippen LogP contribution in [0, 0.1) is 87.3 Å². The number of nitrogens with one attached hydrogen (secondary N) is 5. The molecule has 35 heteroatoms. The standard InChI is InChI=1S/3C16H23N3O2.3C12H22N4O.C12H21N3O2/c3*1-9-10(8-17)13(20)11(15(2,3)4)14(21)12(9)18-19-16(5,6)7;3*1-8-9(13-15-11(2,3)4)10(17)16(14-8)12(5,6)7;1-11(2,3)9-8(16)7(10(17)13-9)14-15-12(4,5)6/h2*11,19H,1-7H3;11-12H,1-7H3;2*14H,1-7H3;9H,1-7H3;9,16H,1-6H3,(H,13,17)/b18-12-;;;;;;. The Labute approximate surface area is 778 Å². The van der Waals surface area contributed by atoms with Crippen molar-refractivity contribution in [2.45, 2.75) is 406 Å². The van der Waals surface area contributed by atoms with Gasteiger partial charge in [-0.05, 0) is 276 Å². The number of aliphatic hydroxyl groups is 1. The Kier molecular flexibility index (Phi) is 38.7. The van der Waals surface area contributed by atoms with Crippen LogP contribution in [0.5, 0.6) is 0 Å². The normalized spacial score (nSPS) is 20.6. The SMILES string of the molecule is CC(C)(C)N=NC1=C(O)C(C(C)(C)C)NC1=O.CC1=C(C#N)C(=O)C(C(C)(C)C)C(=O)/C1=N\NC(C)(C)C.CC1=C(C#N)C(=O)C(C(C)(C)C)C(=O)C1=NNC(C)(C)C.CC1=C(C#N)C(=O)C(C(C)(C)C)C(=O)C1N=NC(C)(C)C.CC1=NN(C(C)(C)C)C(=O)C1N=NC(C)(C)C.Cc1[nH]n(C(C)(C)C)c(=O)c1N=NC(C)(C)C.Cc1[nH]n(C(C)(C)C)c(=O)c1N=NC(C)(C)C. The predicted octanol–water partition coefficient (Wildman–Crippen LogP) is 19.4. The number of aliphatic hydroxyl groups excluding tert-OH is 1. The number of hydrogen-bond donors (Lipinski definition) is 6. The van der Waals surface area contributed by atoms with Crippen LogP contribution in [0.3, 0.4) is 0 Å². The number of azo groups is 5. The number of H-pyrrole nitrogens is 2. The molecule has 0 fully saturated rings. The fraction of sp³-hybridized carbons (Fsp3) is 0.708. The zero-order chi connectivity index (χ0) is 103. The van der Waals surface area contributed by atoms with E-state index in [1.54, 1.807) is 30.1 Å². The topological polar surface area (TPSA) is 504 Å². The van der Waals surface area contributed by atoms with Crippen LogP contribution in [0.4, 0.5) is 11.4 Å². The molecule has 4 heterocycles. The summed E-state index contributed by atoms with van der Waals surface area (Å²) in [7, 11) is 0. The number of hydrazone groups is 3. The quantitative estimate of drug-likeness (QED) is 0.0852. The number of rotatable bonds is 7. The number of amides is 2. The highest BCUT2D eigenvalue weighted by Crippen LogP contribution is 2.40. The fourth-order valence-corrected chi connectivity index (χ4v) is 12.2. The number of allylic oxidation sites excluding steroid dienone is 5. The molecular weight excluding hydrogens is 1670 g/mol. The van der Waals surface area contributed by atoms with E-state index < -0.39 is 75.0 Å². The van der Waals surface area contributed by atoms with Crippen LogP contribution in [0.15, 0.2) is 121 Å². The Morgan fingerprint density at radius 3 is 0.939 bits per heavy atom. The molecule has 6 unspecified atom stereocenters. The Morgan fingerprint density at radius 1 is 0.382 bits per heavy atom. The number of carbonyl (C=O) groups excluding carboxylic acids is 8. The number of aryl methyl sites for hydroxylation is 2. The first-order valence-corrected chi connectivity index (χ1v) is 44.0. The molecular formula is C96H156N24O11. The largest absolute Gasteiger partial charge is 0.508 e. The van der Waals surface area contributed by atoms with Crippen molar-refractivity contribution < 1.29 is 43.5 Å². The van der Waals surface area contributed by atoms with Crippen LogP contribution >= 0.6 is 0 Å². The van der Waals surface area contributed by atoms with Gasteiger partial charge in [0.25, 0.3) is 22.9 Å². The third kappa shape index (κ3) is 35.1. The molecule has 6 N–H and O–H groups in total. The maximum atomic E-state index is 12.7. The lowest BCUT2D eigenvalue weighted by molar-refractivity contribution is -0.137. The van der Waals surface area contributed by atoms with Crippen LogP contribution in [0.1, 0.15) is 330 Å². The molecule has 0 spiro atoms. The van der Waals surface area contributed by atoms with E-state index in [1.807, 2.05) is 330 Å². The van der Waals surface area contributed by atoms with Gasteiger partial charge < -0.3 is 21.3 Å². The van der Waals surface area contributed by atoms with Gasteiger partial charge in [-0.15, -0.1) is 15.3 Å². The number of Topliss-reactive ketones (excluding diaryl/α,β-unsaturated/α-hetero) is 6. The van der Waals surface area contributed by atoms with Gasteiger partial charge in [0.05, 0.1) is 90.8 Å². The first-order chi connectivity index (χ1) is 58.3. The highest BCUT2D eigenvalue weighted by molar-refractivity contribution is 6.54. The number of nitriles is 3. The second kappa shape index (κ2) is 43.0. The first kappa shape index (κ1) is 118. The lowest BCUT2D eigenvalue weighted by atomic mass is 9.68. The summed E-state index contributed by atoms with van der Waals surface area (Å²) < 4.78 is 3.17. The number of aromatic nitrogens is 4. The fourth-order valence-electron chi connectivity index (χ4n) is 12.2. The molecule has 0 aromatic carbocycles. The Bertz CT molecular complexity index is 5060. The zero-order valence-corrected chi connectivity index (χ0v) is 88.0. The highest BCUT2D eigenvalue weighted by atomic mass is 16.3. The molecule has 726 valence electrons. The van der Waals surface area contributed by atoms with Crippen molar-refractivity contribution in [3.05, 3.63) is 77.0 Å². The number of ketones is 6. The summed E-state index contributed by atoms with van der Waals surface area (Å²) >= 11 is 0. The average Bonchev–Trinajstić information content (AvgIpc) is 1.55. The van der Waals surface area contributed by atoms with Gasteiger partial charge in [-0.3, -0.25) is 58.1 Å². The van der Waals surface area contributed by atoms with Crippen LogP contribution in [-0.2, 0) is 49.4 Å². The molecule has 7 rings (SSSR count). The van der Waals surface area contributed by atoms with Crippen molar-refractivity contribution in [1.29, 1.82) is 15.8 Å². The van der Waals surface area contributed by atoms with Crippen molar-refractivity contribution in [2.24, 2.45) is 106 Å². The van der Waals surface area contributed by atoms with Gasteiger partial charge in [0.2, 0.25) is 0 Å².